The lowest BCUT2D eigenvalue weighted by atomic mass is 9.86. The molecular weight excluding hydrogens is 493 g/mol. The van der Waals surface area contributed by atoms with E-state index in [1.807, 2.05) is 6.92 Å². The summed E-state index contributed by atoms with van der Waals surface area (Å²) < 4.78 is 28.7. The van der Waals surface area contributed by atoms with Crippen LogP contribution in [0.15, 0.2) is 12.1 Å². The number of carboxylic acids is 1. The number of aliphatic hydroxyl groups is 1. The Balaban J connectivity index is 2.11. The topological polar surface area (TPSA) is 123 Å². The number of benzene rings is 1. The lowest BCUT2D eigenvalue weighted by Gasteiger charge is -2.29. The van der Waals surface area contributed by atoms with Crippen LogP contribution in [0.5, 0.6) is 5.75 Å². The van der Waals surface area contributed by atoms with Crippen molar-refractivity contribution in [1.29, 1.82) is 0 Å². The number of carbonyl (C=O) groups is 2. The predicted octanol–water partition coefficient (Wildman–Crippen LogP) is 3.98. The van der Waals surface area contributed by atoms with Gasteiger partial charge >= 0.3 is 5.97 Å². The number of nitrogens with one attached hydrogen (secondary N) is 1. The zero-order chi connectivity index (χ0) is 27.9. The number of halogens is 1. The number of hydrogen-bond acceptors (Lipinski definition) is 6. The van der Waals surface area contributed by atoms with Gasteiger partial charge in [-0.2, -0.15) is 0 Å². The number of aliphatic carboxylic acids is 1. The van der Waals surface area contributed by atoms with Crippen molar-refractivity contribution in [2.24, 2.45) is 7.05 Å². The molecule has 1 aliphatic rings. The summed E-state index contributed by atoms with van der Waals surface area (Å²) in [4.78, 5) is 30.2. The molecular formula is C28H34FN3O6. The van der Waals surface area contributed by atoms with Crippen LogP contribution in [-0.2, 0) is 23.0 Å². The van der Waals surface area contributed by atoms with Gasteiger partial charge in [0.2, 0.25) is 0 Å². The van der Waals surface area contributed by atoms with Crippen molar-refractivity contribution in [2.75, 3.05) is 19.8 Å². The minimum Gasteiger partial charge on any atom is -0.490 e. The first-order valence-corrected chi connectivity index (χ1v) is 12.6. The van der Waals surface area contributed by atoms with E-state index in [9.17, 15) is 14.7 Å². The molecule has 4 rings (SSSR count). The molecule has 10 heteroatoms. The Labute approximate surface area is 220 Å². The van der Waals surface area contributed by atoms with Crippen molar-refractivity contribution in [3.63, 3.8) is 0 Å². The summed E-state index contributed by atoms with van der Waals surface area (Å²) in [5.74, 6) is -1.94. The molecule has 9 nitrogen and oxygen atoms in total. The smallest absolute Gasteiger partial charge is 0.337 e. The molecule has 0 spiro atoms. The van der Waals surface area contributed by atoms with E-state index in [1.54, 1.807) is 45.4 Å². The van der Waals surface area contributed by atoms with Crippen LogP contribution in [0.25, 0.3) is 22.2 Å². The maximum absolute atomic E-state index is 15.4. The third kappa shape index (κ3) is 4.98. The summed E-state index contributed by atoms with van der Waals surface area (Å²) in [5, 5.41) is 22.6. The first-order valence-electron chi connectivity index (χ1n) is 12.6. The van der Waals surface area contributed by atoms with E-state index in [0.29, 0.717) is 46.4 Å². The summed E-state index contributed by atoms with van der Waals surface area (Å²) in [7, 11) is 1.68. The highest BCUT2D eigenvalue weighted by Crippen LogP contribution is 2.44. The zero-order valence-electron chi connectivity index (χ0n) is 22.6. The van der Waals surface area contributed by atoms with Crippen LogP contribution in [0.2, 0.25) is 0 Å². The fraction of sp³-hybridized carbons (Fsp3) is 0.464. The minimum absolute atomic E-state index is 0.0700. The number of aliphatic hydroxyl groups excluding tert-OH is 1. The molecule has 0 saturated heterocycles. The Hall–Kier alpha value is -3.50. The third-order valence-electron chi connectivity index (χ3n) is 6.70. The summed E-state index contributed by atoms with van der Waals surface area (Å²) in [6.45, 7) is 9.12. The van der Waals surface area contributed by atoms with Gasteiger partial charge < -0.3 is 29.6 Å². The highest BCUT2D eigenvalue weighted by atomic mass is 19.1. The van der Waals surface area contributed by atoms with Crippen LogP contribution in [0.4, 0.5) is 4.39 Å². The molecule has 0 radical (unpaired) electrons. The first kappa shape index (κ1) is 27.5. The summed E-state index contributed by atoms with van der Waals surface area (Å²) in [5.41, 5.74) is 3.03. The molecule has 0 saturated carbocycles. The number of aromatic nitrogens is 2. The number of hydrogen-bond donors (Lipinski definition) is 3. The largest absolute Gasteiger partial charge is 0.490 e. The zero-order valence-corrected chi connectivity index (χ0v) is 22.6. The van der Waals surface area contributed by atoms with Crippen LogP contribution >= 0.6 is 0 Å². The monoisotopic (exact) mass is 527 g/mol. The Kier molecular flexibility index (Phi) is 7.49. The van der Waals surface area contributed by atoms with Gasteiger partial charge in [0.05, 0.1) is 18.8 Å². The Morgan fingerprint density at radius 1 is 1.29 bits per heavy atom. The molecule has 1 atom stereocenters. The van der Waals surface area contributed by atoms with Crippen LogP contribution in [-0.4, -0.2) is 57.0 Å². The number of rotatable bonds is 7. The van der Waals surface area contributed by atoms with E-state index in [2.05, 4.69) is 10.3 Å². The van der Waals surface area contributed by atoms with Crippen molar-refractivity contribution in [3.05, 3.63) is 46.0 Å². The van der Waals surface area contributed by atoms with Gasteiger partial charge in [-0.25, -0.2) is 14.2 Å². The van der Waals surface area contributed by atoms with Crippen molar-refractivity contribution in [1.82, 2.24) is 14.9 Å². The molecule has 1 amide bonds. The second-order valence-electron chi connectivity index (χ2n) is 10.5. The fourth-order valence-corrected chi connectivity index (χ4v) is 5.05. The minimum atomic E-state index is -1.40. The quantitative estimate of drug-likeness (QED) is 0.425. The van der Waals surface area contributed by atoms with E-state index < -0.39 is 29.4 Å². The molecule has 0 fully saturated rings. The molecule has 0 bridgehead atoms. The summed E-state index contributed by atoms with van der Waals surface area (Å²) in [6.07, 6.45) is -0.0397. The maximum atomic E-state index is 15.4. The second kappa shape index (κ2) is 10.3. The third-order valence-corrected chi connectivity index (χ3v) is 6.70. The Morgan fingerprint density at radius 2 is 2.00 bits per heavy atom. The lowest BCUT2D eigenvalue weighted by molar-refractivity contribution is -0.160. The van der Waals surface area contributed by atoms with E-state index in [0.717, 1.165) is 17.5 Å². The maximum Gasteiger partial charge on any atom is 0.337 e. The number of carbonyl (C=O) groups excluding carboxylic acids is 1. The number of carboxylic acid groups (broad SMARTS) is 1. The second-order valence-corrected chi connectivity index (χ2v) is 10.5. The highest BCUT2D eigenvalue weighted by molar-refractivity contribution is 6.04. The van der Waals surface area contributed by atoms with E-state index >= 15 is 4.39 Å². The summed E-state index contributed by atoms with van der Waals surface area (Å²) in [6, 6.07) is 2.99. The fourth-order valence-electron chi connectivity index (χ4n) is 5.05. The number of ether oxygens (including phenoxy) is 2. The van der Waals surface area contributed by atoms with Crippen molar-refractivity contribution >= 4 is 22.9 Å². The van der Waals surface area contributed by atoms with Crippen molar-refractivity contribution in [3.8, 4) is 16.9 Å². The molecule has 38 heavy (non-hydrogen) atoms. The number of fused-ring (bicyclic) bond motifs is 2. The molecule has 3 N–H and O–H groups in total. The van der Waals surface area contributed by atoms with Gasteiger partial charge in [0.25, 0.3) is 5.91 Å². The lowest BCUT2D eigenvalue weighted by Crippen LogP contribution is -2.28. The van der Waals surface area contributed by atoms with Gasteiger partial charge in [-0.15, -0.1) is 0 Å². The van der Waals surface area contributed by atoms with Crippen LogP contribution in [0.1, 0.15) is 66.2 Å². The molecule has 1 aliphatic heterocycles. The van der Waals surface area contributed by atoms with Crippen LogP contribution in [0.3, 0.4) is 0 Å². The van der Waals surface area contributed by atoms with Crippen LogP contribution in [0, 0.1) is 19.7 Å². The van der Waals surface area contributed by atoms with Gasteiger partial charge in [-0.3, -0.25) is 4.79 Å². The molecule has 3 heterocycles. The van der Waals surface area contributed by atoms with Gasteiger partial charge in [-0.05, 0) is 70.7 Å². The van der Waals surface area contributed by atoms with E-state index in [1.165, 1.54) is 6.07 Å². The van der Waals surface area contributed by atoms with Crippen molar-refractivity contribution < 1.29 is 33.7 Å². The Bertz CT molecular complexity index is 1420. The van der Waals surface area contributed by atoms with Gasteiger partial charge in [0, 0.05) is 41.4 Å². The SMILES string of the molecule is Cc1nc2c(cc(C(=O)NCCO)n2C)c(-c2cc(F)c3c(c2C)CCCO3)c1[C@H](OC(C)(C)C)C(=O)O. The molecule has 0 unspecified atom stereocenters. The number of nitrogens with zero attached hydrogens (tertiary/aromatic N) is 2. The number of pyridine rings is 1. The molecule has 1 aromatic carbocycles. The molecule has 2 aromatic heterocycles. The number of amides is 1. The Morgan fingerprint density at radius 3 is 2.63 bits per heavy atom. The van der Waals surface area contributed by atoms with Crippen LogP contribution < -0.4 is 10.1 Å². The predicted molar refractivity (Wildman–Crippen MR) is 140 cm³/mol. The molecule has 3 aromatic rings. The van der Waals surface area contributed by atoms with E-state index in [4.69, 9.17) is 14.6 Å². The summed E-state index contributed by atoms with van der Waals surface area (Å²) >= 11 is 0. The van der Waals surface area contributed by atoms with Crippen molar-refractivity contribution in [2.45, 2.75) is 59.2 Å². The number of aryl methyl sites for hydroxylation is 2. The standard InChI is InChI=1S/C28H34FN3O6/c1-14-16-8-7-11-37-23(16)19(29)12-17(14)22-18-13-20(26(34)30-9-10-33)32(6)25(18)31-15(2)21(22)24(27(35)36)38-28(3,4)5/h12-13,24,33H,7-11H2,1-6H3,(H,30,34)(H,35,36)/t24-/m0/s1. The van der Waals surface area contributed by atoms with Gasteiger partial charge in [0.1, 0.15) is 11.3 Å². The first-order chi connectivity index (χ1) is 17.9. The van der Waals surface area contributed by atoms with Gasteiger partial charge in [0.15, 0.2) is 17.7 Å². The van der Waals surface area contributed by atoms with E-state index in [-0.39, 0.29) is 24.6 Å². The highest BCUT2D eigenvalue weighted by Gasteiger charge is 2.34. The van der Waals surface area contributed by atoms with Gasteiger partial charge in [-0.1, -0.05) is 0 Å². The molecule has 0 aliphatic carbocycles. The average Bonchev–Trinajstić information content (AvgIpc) is 3.18. The average molecular weight is 528 g/mol. The molecule has 204 valence electrons. The normalized spacial score (nSPS) is 14.2.